The van der Waals surface area contributed by atoms with E-state index in [-0.39, 0.29) is 17.7 Å². The Kier molecular flexibility index (Phi) is 4.39. The fourth-order valence-electron chi connectivity index (χ4n) is 3.66. The minimum Gasteiger partial charge on any atom is -0.479 e. The highest BCUT2D eigenvalue weighted by atomic mass is 16.5. The third kappa shape index (κ3) is 3.18. The molecule has 140 valence electrons. The average molecular weight is 367 g/mol. The van der Waals surface area contributed by atoms with Gasteiger partial charge in [0.05, 0.1) is 13.0 Å². The van der Waals surface area contributed by atoms with E-state index in [1.165, 1.54) is 7.11 Å². The molecule has 8 nitrogen and oxygen atoms in total. The van der Waals surface area contributed by atoms with E-state index in [1.807, 2.05) is 18.2 Å². The smallest absolute Gasteiger partial charge is 0.261 e. The standard InChI is InChI=1S/C19H21N5O3/c1-12-20-17(27-22-12)15-11-24(10-14(15)13-7-5-4-6-8-13)19(25)16-9-23(2)21-18(16)26-3/h4-9,14-15H,10-11H2,1-3H3/t14-,15+/m0/s1. The van der Waals surface area contributed by atoms with Crippen molar-refractivity contribution in [3.8, 4) is 5.88 Å². The molecule has 2 atom stereocenters. The lowest BCUT2D eigenvalue weighted by Gasteiger charge is -2.16. The van der Waals surface area contributed by atoms with Gasteiger partial charge in [-0.15, -0.1) is 5.10 Å². The molecular formula is C19H21N5O3. The quantitative estimate of drug-likeness (QED) is 0.702. The lowest BCUT2D eigenvalue weighted by molar-refractivity contribution is 0.0784. The Morgan fingerprint density at radius 1 is 1.22 bits per heavy atom. The van der Waals surface area contributed by atoms with Crippen LogP contribution in [0.15, 0.2) is 41.1 Å². The van der Waals surface area contributed by atoms with Crippen LogP contribution in [0.4, 0.5) is 0 Å². The summed E-state index contributed by atoms with van der Waals surface area (Å²) < 4.78 is 12.3. The van der Waals surface area contributed by atoms with Crippen molar-refractivity contribution in [1.29, 1.82) is 0 Å². The molecule has 0 bridgehead atoms. The summed E-state index contributed by atoms with van der Waals surface area (Å²) in [5.74, 6) is 1.40. The van der Waals surface area contributed by atoms with Gasteiger partial charge in [0.1, 0.15) is 5.56 Å². The van der Waals surface area contributed by atoms with Gasteiger partial charge in [-0.1, -0.05) is 35.5 Å². The van der Waals surface area contributed by atoms with Gasteiger partial charge >= 0.3 is 0 Å². The van der Waals surface area contributed by atoms with Gasteiger partial charge < -0.3 is 14.2 Å². The van der Waals surface area contributed by atoms with Gasteiger partial charge in [-0.25, -0.2) is 0 Å². The minimum absolute atomic E-state index is 0.0554. The van der Waals surface area contributed by atoms with Crippen LogP contribution in [0.1, 0.15) is 39.5 Å². The van der Waals surface area contributed by atoms with Crippen LogP contribution < -0.4 is 4.74 Å². The SMILES string of the molecule is COc1nn(C)cc1C(=O)N1C[C@@H](c2ccccc2)[C@H](c2nc(C)no2)C1. The topological polar surface area (TPSA) is 86.3 Å². The molecule has 1 saturated heterocycles. The van der Waals surface area contributed by atoms with Crippen molar-refractivity contribution < 1.29 is 14.1 Å². The molecule has 1 aliphatic rings. The fraction of sp³-hybridized carbons (Fsp3) is 0.368. The molecule has 1 aliphatic heterocycles. The number of aryl methyl sites for hydroxylation is 2. The molecule has 0 unspecified atom stereocenters. The highest BCUT2D eigenvalue weighted by molar-refractivity contribution is 5.96. The Morgan fingerprint density at radius 3 is 2.63 bits per heavy atom. The number of carbonyl (C=O) groups excluding carboxylic acids is 1. The molecule has 0 aliphatic carbocycles. The number of benzene rings is 1. The van der Waals surface area contributed by atoms with E-state index in [4.69, 9.17) is 9.26 Å². The monoisotopic (exact) mass is 367 g/mol. The van der Waals surface area contributed by atoms with E-state index in [9.17, 15) is 4.79 Å². The van der Waals surface area contributed by atoms with Crippen LogP contribution in [0, 0.1) is 6.92 Å². The van der Waals surface area contributed by atoms with Crippen LogP contribution in [0.5, 0.6) is 5.88 Å². The maximum absolute atomic E-state index is 13.1. The first-order chi connectivity index (χ1) is 13.1. The van der Waals surface area contributed by atoms with Gasteiger partial charge in [0.15, 0.2) is 5.82 Å². The number of ether oxygens (including phenoxy) is 1. The first-order valence-corrected chi connectivity index (χ1v) is 8.79. The van der Waals surface area contributed by atoms with E-state index in [0.717, 1.165) is 5.56 Å². The predicted octanol–water partition coefficient (Wildman–Crippen LogP) is 2.14. The van der Waals surface area contributed by atoms with Crippen molar-refractivity contribution in [1.82, 2.24) is 24.8 Å². The van der Waals surface area contributed by atoms with Crippen LogP contribution in [-0.2, 0) is 7.05 Å². The van der Waals surface area contributed by atoms with Crippen LogP contribution in [0.2, 0.25) is 0 Å². The van der Waals surface area contributed by atoms with Crippen molar-refractivity contribution in [2.24, 2.45) is 7.05 Å². The van der Waals surface area contributed by atoms with Gasteiger partial charge in [0.25, 0.3) is 5.91 Å². The number of methoxy groups -OCH3 is 1. The first-order valence-electron chi connectivity index (χ1n) is 8.79. The van der Waals surface area contributed by atoms with Crippen molar-refractivity contribution in [3.63, 3.8) is 0 Å². The summed E-state index contributed by atoms with van der Waals surface area (Å²) in [5, 5.41) is 8.11. The molecule has 0 N–H and O–H groups in total. The van der Waals surface area contributed by atoms with Crippen LogP contribution in [0.3, 0.4) is 0 Å². The molecule has 0 saturated carbocycles. The lowest BCUT2D eigenvalue weighted by atomic mass is 9.89. The summed E-state index contributed by atoms with van der Waals surface area (Å²) in [4.78, 5) is 19.3. The van der Waals surface area contributed by atoms with Gasteiger partial charge in [0, 0.05) is 32.3 Å². The zero-order chi connectivity index (χ0) is 19.0. The Labute approximate surface area is 156 Å². The number of hydrogen-bond donors (Lipinski definition) is 0. The van der Waals surface area contributed by atoms with Crippen molar-refractivity contribution >= 4 is 5.91 Å². The summed E-state index contributed by atoms with van der Waals surface area (Å²) in [6, 6.07) is 10.1. The summed E-state index contributed by atoms with van der Waals surface area (Å²) in [5.41, 5.74) is 1.60. The molecule has 1 fully saturated rings. The van der Waals surface area contributed by atoms with E-state index in [1.54, 1.807) is 29.7 Å². The van der Waals surface area contributed by atoms with Gasteiger partial charge in [-0.2, -0.15) is 4.98 Å². The summed E-state index contributed by atoms with van der Waals surface area (Å²) in [6.45, 7) is 2.86. The van der Waals surface area contributed by atoms with E-state index < -0.39 is 0 Å². The minimum atomic E-state index is -0.111. The Hall–Kier alpha value is -3.16. The molecule has 1 amide bonds. The molecule has 8 heteroatoms. The van der Waals surface area contributed by atoms with Crippen molar-refractivity contribution in [2.75, 3.05) is 20.2 Å². The van der Waals surface area contributed by atoms with Gasteiger partial charge in [-0.05, 0) is 12.5 Å². The van der Waals surface area contributed by atoms with Crippen LogP contribution >= 0.6 is 0 Å². The number of aromatic nitrogens is 4. The van der Waals surface area contributed by atoms with Crippen molar-refractivity contribution in [3.05, 3.63) is 59.4 Å². The second kappa shape index (κ2) is 6.86. The number of carbonyl (C=O) groups is 1. The largest absolute Gasteiger partial charge is 0.479 e. The second-order valence-electron chi connectivity index (χ2n) is 6.74. The maximum atomic E-state index is 13.1. The Bertz CT molecular complexity index is 949. The predicted molar refractivity (Wildman–Crippen MR) is 96.6 cm³/mol. The fourth-order valence-corrected chi connectivity index (χ4v) is 3.66. The molecule has 1 aromatic carbocycles. The van der Waals surface area contributed by atoms with Gasteiger partial charge in [-0.3, -0.25) is 9.48 Å². The van der Waals surface area contributed by atoms with Crippen LogP contribution in [0.25, 0.3) is 0 Å². The normalized spacial score (nSPS) is 19.4. The number of hydrogen-bond acceptors (Lipinski definition) is 6. The molecule has 3 aromatic rings. The molecule has 2 aromatic heterocycles. The Balaban J connectivity index is 1.67. The van der Waals surface area contributed by atoms with E-state index in [0.29, 0.717) is 36.2 Å². The summed E-state index contributed by atoms with van der Waals surface area (Å²) >= 11 is 0. The zero-order valence-electron chi connectivity index (χ0n) is 15.5. The molecule has 4 rings (SSSR count). The van der Waals surface area contributed by atoms with Crippen molar-refractivity contribution in [2.45, 2.75) is 18.8 Å². The highest BCUT2D eigenvalue weighted by Crippen LogP contribution is 2.39. The third-order valence-corrected chi connectivity index (χ3v) is 4.91. The molecule has 0 spiro atoms. The van der Waals surface area contributed by atoms with E-state index >= 15 is 0 Å². The number of amides is 1. The maximum Gasteiger partial charge on any atom is 0.261 e. The first kappa shape index (κ1) is 17.3. The molecule has 0 radical (unpaired) electrons. The van der Waals surface area contributed by atoms with Crippen LogP contribution in [-0.4, -0.2) is 50.9 Å². The zero-order valence-corrected chi connectivity index (χ0v) is 15.5. The molecule has 27 heavy (non-hydrogen) atoms. The summed E-state index contributed by atoms with van der Waals surface area (Å²) in [6.07, 6.45) is 1.68. The lowest BCUT2D eigenvalue weighted by Crippen LogP contribution is -2.29. The average Bonchev–Trinajstić information content (AvgIpc) is 3.39. The second-order valence-corrected chi connectivity index (χ2v) is 6.74. The number of likely N-dealkylation sites (tertiary alicyclic amines) is 1. The number of nitrogens with zero attached hydrogens (tertiary/aromatic N) is 5. The molecule has 3 heterocycles. The Morgan fingerprint density at radius 2 is 1.96 bits per heavy atom. The number of rotatable bonds is 4. The highest BCUT2D eigenvalue weighted by Gasteiger charge is 2.41. The third-order valence-electron chi connectivity index (χ3n) is 4.91. The van der Waals surface area contributed by atoms with Gasteiger partial charge in [0.2, 0.25) is 11.8 Å². The molecular weight excluding hydrogens is 346 g/mol. The van der Waals surface area contributed by atoms with E-state index in [2.05, 4.69) is 27.4 Å². The summed E-state index contributed by atoms with van der Waals surface area (Å²) in [7, 11) is 3.28.